The average Bonchev–Trinajstić information content (AvgIpc) is 2.75. The summed E-state index contributed by atoms with van der Waals surface area (Å²) in [5.41, 5.74) is 4.26. The van der Waals surface area contributed by atoms with Crippen LogP contribution in [-0.4, -0.2) is 44.3 Å². The number of piperidine rings is 2. The van der Waals surface area contributed by atoms with Gasteiger partial charge in [-0.3, -0.25) is 0 Å². The third-order valence-electron chi connectivity index (χ3n) is 6.40. The monoisotopic (exact) mass is 364 g/mol. The summed E-state index contributed by atoms with van der Waals surface area (Å²) < 4.78 is 4.87. The van der Waals surface area contributed by atoms with E-state index in [0.29, 0.717) is 5.41 Å². The summed E-state index contributed by atoms with van der Waals surface area (Å²) >= 11 is 0. The van der Waals surface area contributed by atoms with Gasteiger partial charge in [0.25, 0.3) is 0 Å². The van der Waals surface area contributed by atoms with Gasteiger partial charge in [0.2, 0.25) is 0 Å². The molecule has 0 N–H and O–H groups in total. The van der Waals surface area contributed by atoms with Crippen LogP contribution in [0.4, 0.5) is 10.5 Å². The second kappa shape index (κ2) is 7.63. The summed E-state index contributed by atoms with van der Waals surface area (Å²) in [5.74, 6) is 0. The quantitative estimate of drug-likeness (QED) is 0.767. The van der Waals surface area contributed by atoms with Crippen molar-refractivity contribution in [2.45, 2.75) is 25.7 Å². The van der Waals surface area contributed by atoms with Crippen molar-refractivity contribution in [1.82, 2.24) is 4.90 Å². The van der Waals surface area contributed by atoms with Gasteiger partial charge in [0.05, 0.1) is 7.11 Å². The molecule has 2 aromatic rings. The number of benzene rings is 2. The molecule has 27 heavy (non-hydrogen) atoms. The molecule has 0 bridgehead atoms. The molecular weight excluding hydrogens is 336 g/mol. The van der Waals surface area contributed by atoms with E-state index in [1.165, 1.54) is 36.8 Å². The first kappa shape index (κ1) is 17.9. The van der Waals surface area contributed by atoms with Crippen molar-refractivity contribution >= 4 is 11.8 Å². The SMILES string of the molecule is COC(=O)N1CCC2(CC1)CCN(c1cccc(-c3ccccc3)c1)CC2. The van der Waals surface area contributed by atoms with E-state index >= 15 is 0 Å². The zero-order valence-electron chi connectivity index (χ0n) is 16.1. The van der Waals surface area contributed by atoms with Crippen LogP contribution >= 0.6 is 0 Å². The maximum Gasteiger partial charge on any atom is 0.409 e. The third kappa shape index (κ3) is 3.80. The molecule has 142 valence electrons. The van der Waals surface area contributed by atoms with Crippen molar-refractivity contribution < 1.29 is 9.53 Å². The van der Waals surface area contributed by atoms with Crippen molar-refractivity contribution in [3.05, 3.63) is 54.6 Å². The molecule has 4 rings (SSSR count). The predicted molar refractivity (Wildman–Crippen MR) is 109 cm³/mol. The van der Waals surface area contributed by atoms with E-state index in [0.717, 1.165) is 39.0 Å². The fraction of sp³-hybridized carbons (Fsp3) is 0.435. The number of anilines is 1. The number of carbonyl (C=O) groups is 1. The van der Waals surface area contributed by atoms with Gasteiger partial charge in [0, 0.05) is 31.9 Å². The molecule has 0 atom stereocenters. The molecule has 2 saturated heterocycles. The van der Waals surface area contributed by atoms with Crippen molar-refractivity contribution in [3.63, 3.8) is 0 Å². The van der Waals surface area contributed by atoms with E-state index in [-0.39, 0.29) is 6.09 Å². The van der Waals surface area contributed by atoms with Gasteiger partial charge in [-0.2, -0.15) is 0 Å². The van der Waals surface area contributed by atoms with E-state index in [4.69, 9.17) is 4.74 Å². The van der Waals surface area contributed by atoms with Gasteiger partial charge in [0.1, 0.15) is 0 Å². The third-order valence-corrected chi connectivity index (χ3v) is 6.40. The Morgan fingerprint density at radius 2 is 1.48 bits per heavy atom. The molecule has 2 aromatic carbocycles. The first-order valence-electron chi connectivity index (χ1n) is 9.92. The molecule has 4 nitrogen and oxygen atoms in total. The summed E-state index contributed by atoms with van der Waals surface area (Å²) in [7, 11) is 1.47. The standard InChI is InChI=1S/C23H28N2O2/c1-27-22(26)25-16-12-23(13-17-25)10-14-24(15-11-23)21-9-5-8-20(18-21)19-6-3-2-4-7-19/h2-9,18H,10-17H2,1H3. The molecule has 2 heterocycles. The normalized spacial score (nSPS) is 19.1. The van der Waals surface area contributed by atoms with Crippen LogP contribution < -0.4 is 4.90 Å². The van der Waals surface area contributed by atoms with Gasteiger partial charge in [-0.15, -0.1) is 0 Å². The highest BCUT2D eigenvalue weighted by atomic mass is 16.5. The van der Waals surface area contributed by atoms with Gasteiger partial charge in [-0.1, -0.05) is 42.5 Å². The molecule has 2 aliphatic rings. The number of amides is 1. The van der Waals surface area contributed by atoms with E-state index in [9.17, 15) is 4.79 Å². The number of methoxy groups -OCH3 is 1. The summed E-state index contributed by atoms with van der Waals surface area (Å²) in [6.07, 6.45) is 4.43. The highest BCUT2D eigenvalue weighted by Gasteiger charge is 2.38. The highest BCUT2D eigenvalue weighted by molar-refractivity contribution is 5.69. The number of carbonyl (C=O) groups excluding carboxylic acids is 1. The van der Waals surface area contributed by atoms with Crippen LogP contribution in [0.2, 0.25) is 0 Å². The Bertz CT molecular complexity index is 772. The fourth-order valence-electron chi connectivity index (χ4n) is 4.54. The summed E-state index contributed by atoms with van der Waals surface area (Å²) in [6.45, 7) is 3.85. The van der Waals surface area contributed by atoms with Crippen LogP contribution in [0.1, 0.15) is 25.7 Å². The minimum Gasteiger partial charge on any atom is -0.453 e. The Morgan fingerprint density at radius 1 is 0.852 bits per heavy atom. The summed E-state index contributed by atoms with van der Waals surface area (Å²) in [4.78, 5) is 16.1. The molecule has 0 radical (unpaired) electrons. The lowest BCUT2D eigenvalue weighted by Gasteiger charge is -2.47. The molecule has 4 heteroatoms. The molecular formula is C23H28N2O2. The van der Waals surface area contributed by atoms with Gasteiger partial charge < -0.3 is 14.5 Å². The van der Waals surface area contributed by atoms with Crippen LogP contribution in [0, 0.1) is 5.41 Å². The second-order valence-electron chi connectivity index (χ2n) is 7.86. The maximum atomic E-state index is 11.7. The Labute approximate surface area is 161 Å². The molecule has 2 fully saturated rings. The van der Waals surface area contributed by atoms with E-state index in [1.807, 2.05) is 4.90 Å². The number of hydrogen-bond donors (Lipinski definition) is 0. The molecule has 0 aromatic heterocycles. The number of rotatable bonds is 2. The Kier molecular flexibility index (Phi) is 5.06. The van der Waals surface area contributed by atoms with Crippen molar-refractivity contribution in [3.8, 4) is 11.1 Å². The number of ether oxygens (including phenoxy) is 1. The lowest BCUT2D eigenvalue weighted by Crippen LogP contribution is -2.48. The van der Waals surface area contributed by atoms with Gasteiger partial charge >= 0.3 is 6.09 Å². The largest absolute Gasteiger partial charge is 0.453 e. The zero-order valence-corrected chi connectivity index (χ0v) is 16.1. The van der Waals surface area contributed by atoms with Crippen molar-refractivity contribution in [1.29, 1.82) is 0 Å². The second-order valence-corrected chi connectivity index (χ2v) is 7.86. The number of nitrogens with zero attached hydrogens (tertiary/aromatic N) is 2. The molecule has 0 unspecified atom stereocenters. The Balaban J connectivity index is 1.39. The molecule has 0 aliphatic carbocycles. The van der Waals surface area contributed by atoms with Gasteiger partial charge in [-0.05, 0) is 54.4 Å². The topological polar surface area (TPSA) is 32.8 Å². The first-order chi connectivity index (χ1) is 13.2. The van der Waals surface area contributed by atoms with Crippen LogP contribution in [0.3, 0.4) is 0 Å². The van der Waals surface area contributed by atoms with E-state index in [1.54, 1.807) is 0 Å². The van der Waals surface area contributed by atoms with Crippen LogP contribution in [0.15, 0.2) is 54.6 Å². The fourth-order valence-corrected chi connectivity index (χ4v) is 4.54. The summed E-state index contributed by atoms with van der Waals surface area (Å²) in [5, 5.41) is 0. The predicted octanol–water partition coefficient (Wildman–Crippen LogP) is 4.80. The first-order valence-corrected chi connectivity index (χ1v) is 9.92. The minimum atomic E-state index is -0.181. The molecule has 1 spiro atoms. The van der Waals surface area contributed by atoms with E-state index < -0.39 is 0 Å². The Morgan fingerprint density at radius 3 is 2.15 bits per heavy atom. The van der Waals surface area contributed by atoms with Crippen LogP contribution in [-0.2, 0) is 4.74 Å². The number of hydrogen-bond acceptors (Lipinski definition) is 3. The van der Waals surface area contributed by atoms with Gasteiger partial charge in [0.15, 0.2) is 0 Å². The molecule has 0 saturated carbocycles. The molecule has 2 aliphatic heterocycles. The molecule has 1 amide bonds. The van der Waals surface area contributed by atoms with Crippen LogP contribution in [0.25, 0.3) is 11.1 Å². The average molecular weight is 364 g/mol. The number of likely N-dealkylation sites (tertiary alicyclic amines) is 1. The lowest BCUT2D eigenvalue weighted by molar-refractivity contribution is 0.0646. The Hall–Kier alpha value is -2.49. The maximum absolute atomic E-state index is 11.7. The zero-order chi connectivity index (χ0) is 18.7. The van der Waals surface area contributed by atoms with E-state index in [2.05, 4.69) is 59.5 Å². The lowest BCUT2D eigenvalue weighted by atomic mass is 9.71. The van der Waals surface area contributed by atoms with Gasteiger partial charge in [-0.25, -0.2) is 4.79 Å². The van der Waals surface area contributed by atoms with Crippen molar-refractivity contribution in [2.24, 2.45) is 5.41 Å². The smallest absolute Gasteiger partial charge is 0.409 e. The van der Waals surface area contributed by atoms with Crippen molar-refractivity contribution in [2.75, 3.05) is 38.2 Å². The minimum absolute atomic E-state index is 0.181. The summed E-state index contributed by atoms with van der Waals surface area (Å²) in [6, 6.07) is 19.5. The van der Waals surface area contributed by atoms with Crippen LogP contribution in [0.5, 0.6) is 0 Å². The highest BCUT2D eigenvalue weighted by Crippen LogP contribution is 2.42.